The van der Waals surface area contributed by atoms with Crippen molar-refractivity contribution in [1.29, 1.82) is 0 Å². The summed E-state index contributed by atoms with van der Waals surface area (Å²) in [6, 6.07) is 3.53. The van der Waals surface area contributed by atoms with Crippen molar-refractivity contribution < 1.29 is 4.74 Å². The molecule has 0 amide bonds. The van der Waals surface area contributed by atoms with Gasteiger partial charge in [-0.05, 0) is 43.7 Å². The zero-order chi connectivity index (χ0) is 13.0. The highest BCUT2D eigenvalue weighted by molar-refractivity contribution is 6.31. The normalized spacial score (nSPS) is 23.9. The van der Waals surface area contributed by atoms with Gasteiger partial charge in [0, 0.05) is 0 Å². The fourth-order valence-corrected chi connectivity index (χ4v) is 2.42. The van der Waals surface area contributed by atoms with E-state index in [1.54, 1.807) is 12.1 Å². The summed E-state index contributed by atoms with van der Waals surface area (Å²) in [4.78, 5) is 4.30. The average Bonchev–Trinajstić information content (AvgIpc) is 2.40. The van der Waals surface area contributed by atoms with Gasteiger partial charge in [-0.15, -0.1) is 0 Å². The molecule has 0 atom stereocenters. The molecule has 0 radical (unpaired) electrons. The molecule has 0 aromatic carbocycles. The maximum Gasteiger partial charge on any atom is 0.140 e. The molecule has 0 saturated heterocycles. The van der Waals surface area contributed by atoms with E-state index in [2.05, 4.69) is 17.3 Å². The number of hydrogen-bond donors (Lipinski definition) is 2. The quantitative estimate of drug-likeness (QED) is 0.651. The zero-order valence-electron chi connectivity index (χ0n) is 10.7. The molecule has 100 valence electrons. The maximum absolute atomic E-state index is 6.08. The third-order valence-electron chi connectivity index (χ3n) is 3.49. The lowest BCUT2D eigenvalue weighted by atomic mass is 9.89. The van der Waals surface area contributed by atoms with Crippen molar-refractivity contribution in [1.82, 2.24) is 4.98 Å². The highest BCUT2D eigenvalue weighted by atomic mass is 35.5. The minimum atomic E-state index is 0.341. The van der Waals surface area contributed by atoms with E-state index in [-0.39, 0.29) is 0 Å². The Hall–Kier alpha value is -0.840. The molecule has 1 aliphatic rings. The lowest BCUT2D eigenvalue weighted by Gasteiger charge is -2.26. The number of rotatable bonds is 4. The number of hydrazine groups is 1. The molecule has 1 aliphatic carbocycles. The third kappa shape index (κ3) is 3.57. The number of anilines is 1. The number of nitrogens with two attached hydrogens (primary N) is 1. The molecule has 2 rings (SSSR count). The van der Waals surface area contributed by atoms with Crippen LogP contribution in [0.4, 0.5) is 5.82 Å². The van der Waals surface area contributed by atoms with Crippen LogP contribution >= 0.6 is 11.6 Å². The Bertz CT molecular complexity index is 392. The monoisotopic (exact) mass is 269 g/mol. The van der Waals surface area contributed by atoms with Crippen LogP contribution in [-0.2, 0) is 11.3 Å². The van der Waals surface area contributed by atoms with Crippen LogP contribution in [0.3, 0.4) is 0 Å². The van der Waals surface area contributed by atoms with Crippen molar-refractivity contribution >= 4 is 17.4 Å². The number of nitrogens with zero attached hydrogens (tertiary/aromatic N) is 1. The van der Waals surface area contributed by atoms with E-state index in [1.165, 1.54) is 12.8 Å². The molecule has 5 heteroatoms. The van der Waals surface area contributed by atoms with Crippen molar-refractivity contribution in [2.45, 2.75) is 45.3 Å². The van der Waals surface area contributed by atoms with Gasteiger partial charge >= 0.3 is 0 Å². The molecule has 0 unspecified atom stereocenters. The standard InChI is InChI=1S/C13H20ClN3O/c1-9-2-4-10(5-3-9)18-8-12-11(14)6-7-13(16-12)17-15/h6-7,9-10H,2-5,8,15H2,1H3,(H,16,17). The van der Waals surface area contributed by atoms with Crippen LogP contribution in [-0.4, -0.2) is 11.1 Å². The molecule has 1 fully saturated rings. The fourth-order valence-electron chi connectivity index (χ4n) is 2.26. The molecule has 0 aliphatic heterocycles. The zero-order valence-corrected chi connectivity index (χ0v) is 11.4. The van der Waals surface area contributed by atoms with Crippen LogP contribution in [0, 0.1) is 5.92 Å². The van der Waals surface area contributed by atoms with Gasteiger partial charge in [0.05, 0.1) is 23.4 Å². The maximum atomic E-state index is 6.08. The first-order chi connectivity index (χ1) is 8.69. The van der Waals surface area contributed by atoms with Crippen molar-refractivity contribution in [2.24, 2.45) is 11.8 Å². The van der Waals surface area contributed by atoms with Gasteiger partial charge in [0.25, 0.3) is 0 Å². The second kappa shape index (κ2) is 6.36. The van der Waals surface area contributed by atoms with E-state index in [4.69, 9.17) is 22.2 Å². The number of hydrogen-bond acceptors (Lipinski definition) is 4. The van der Waals surface area contributed by atoms with Gasteiger partial charge < -0.3 is 10.2 Å². The van der Waals surface area contributed by atoms with Crippen molar-refractivity contribution in [3.63, 3.8) is 0 Å². The lowest BCUT2D eigenvalue weighted by Crippen LogP contribution is -2.20. The SMILES string of the molecule is CC1CCC(OCc2nc(NN)ccc2Cl)CC1. The fraction of sp³-hybridized carbons (Fsp3) is 0.615. The molecular formula is C13H20ClN3O. The van der Waals surface area contributed by atoms with Crippen LogP contribution in [0.25, 0.3) is 0 Å². The Labute approximate surface area is 113 Å². The van der Waals surface area contributed by atoms with Crippen LogP contribution in [0.2, 0.25) is 5.02 Å². The number of ether oxygens (including phenoxy) is 1. The molecule has 3 N–H and O–H groups in total. The van der Waals surface area contributed by atoms with Crippen LogP contribution < -0.4 is 11.3 Å². The van der Waals surface area contributed by atoms with E-state index < -0.39 is 0 Å². The Morgan fingerprint density at radius 2 is 2.11 bits per heavy atom. The van der Waals surface area contributed by atoms with E-state index in [0.29, 0.717) is 23.6 Å². The molecule has 1 aromatic rings. The number of nitrogens with one attached hydrogen (secondary N) is 1. The van der Waals surface area contributed by atoms with Crippen LogP contribution in [0.15, 0.2) is 12.1 Å². The number of aromatic nitrogens is 1. The predicted molar refractivity (Wildman–Crippen MR) is 73.3 cm³/mol. The highest BCUT2D eigenvalue weighted by Crippen LogP contribution is 2.27. The van der Waals surface area contributed by atoms with E-state index in [1.807, 2.05) is 0 Å². The first-order valence-electron chi connectivity index (χ1n) is 6.42. The summed E-state index contributed by atoms with van der Waals surface area (Å²) in [7, 11) is 0. The van der Waals surface area contributed by atoms with Gasteiger partial charge in [-0.1, -0.05) is 18.5 Å². The first kappa shape index (κ1) is 13.6. The van der Waals surface area contributed by atoms with Crippen molar-refractivity contribution in [3.05, 3.63) is 22.8 Å². The van der Waals surface area contributed by atoms with Gasteiger partial charge in [-0.3, -0.25) is 0 Å². The summed E-state index contributed by atoms with van der Waals surface area (Å²) in [5, 5.41) is 0.623. The predicted octanol–water partition coefficient (Wildman–Crippen LogP) is 3.12. The van der Waals surface area contributed by atoms with Crippen LogP contribution in [0.1, 0.15) is 38.3 Å². The smallest absolute Gasteiger partial charge is 0.140 e. The van der Waals surface area contributed by atoms with Gasteiger partial charge in [-0.25, -0.2) is 10.8 Å². The van der Waals surface area contributed by atoms with Gasteiger partial charge in [-0.2, -0.15) is 0 Å². The summed E-state index contributed by atoms with van der Waals surface area (Å²) in [5.74, 6) is 6.76. The minimum Gasteiger partial charge on any atom is -0.372 e. The Kier molecular flexibility index (Phi) is 4.80. The third-order valence-corrected chi connectivity index (χ3v) is 3.83. The Morgan fingerprint density at radius 1 is 1.39 bits per heavy atom. The molecule has 1 aromatic heterocycles. The van der Waals surface area contributed by atoms with E-state index >= 15 is 0 Å². The summed E-state index contributed by atoms with van der Waals surface area (Å²) in [6.45, 7) is 2.75. The Morgan fingerprint density at radius 3 is 2.78 bits per heavy atom. The summed E-state index contributed by atoms with van der Waals surface area (Å²) >= 11 is 6.08. The summed E-state index contributed by atoms with van der Waals surface area (Å²) < 4.78 is 5.88. The van der Waals surface area contributed by atoms with Crippen LogP contribution in [0.5, 0.6) is 0 Å². The van der Waals surface area contributed by atoms with Gasteiger partial charge in [0.15, 0.2) is 0 Å². The van der Waals surface area contributed by atoms with Crippen molar-refractivity contribution in [3.8, 4) is 0 Å². The molecule has 0 spiro atoms. The number of halogens is 1. The second-order valence-corrected chi connectivity index (χ2v) is 5.37. The molecule has 0 bridgehead atoms. The molecule has 4 nitrogen and oxygen atoms in total. The molecule has 18 heavy (non-hydrogen) atoms. The summed E-state index contributed by atoms with van der Waals surface area (Å²) in [5.41, 5.74) is 3.25. The van der Waals surface area contributed by atoms with E-state index in [0.717, 1.165) is 24.5 Å². The van der Waals surface area contributed by atoms with E-state index in [9.17, 15) is 0 Å². The topological polar surface area (TPSA) is 60.2 Å². The second-order valence-electron chi connectivity index (χ2n) is 4.96. The molecule has 1 saturated carbocycles. The highest BCUT2D eigenvalue weighted by Gasteiger charge is 2.19. The minimum absolute atomic E-state index is 0.341. The van der Waals surface area contributed by atoms with Gasteiger partial charge in [0.1, 0.15) is 5.82 Å². The summed E-state index contributed by atoms with van der Waals surface area (Å²) in [6.07, 6.45) is 5.10. The number of nitrogen functional groups attached to an aromatic ring is 1. The average molecular weight is 270 g/mol. The molecule has 1 heterocycles. The first-order valence-corrected chi connectivity index (χ1v) is 6.80. The number of pyridine rings is 1. The van der Waals surface area contributed by atoms with Gasteiger partial charge in [0.2, 0.25) is 0 Å². The molecular weight excluding hydrogens is 250 g/mol. The lowest BCUT2D eigenvalue weighted by molar-refractivity contribution is 0.00737. The van der Waals surface area contributed by atoms with Crippen molar-refractivity contribution in [2.75, 3.05) is 5.43 Å². The largest absolute Gasteiger partial charge is 0.372 e. The Balaban J connectivity index is 1.89.